The molecule has 104 valence electrons. The Morgan fingerprint density at radius 3 is 2.32 bits per heavy atom. The second-order valence-corrected chi connectivity index (χ2v) is 4.85. The summed E-state index contributed by atoms with van der Waals surface area (Å²) >= 11 is 15.5. The van der Waals surface area contributed by atoms with Gasteiger partial charge in [0.1, 0.15) is 11.9 Å². The zero-order valence-corrected chi connectivity index (χ0v) is 12.2. The third-order valence-electron chi connectivity index (χ3n) is 2.13. The highest BCUT2D eigenvalue weighted by molar-refractivity contribution is 7.80. The third kappa shape index (κ3) is 4.56. The van der Waals surface area contributed by atoms with E-state index in [9.17, 15) is 14.0 Å². The number of thiol groups is 1. The lowest BCUT2D eigenvalue weighted by Crippen LogP contribution is -2.44. The SMILES string of the molecule is CC(=O)NC(CS)C(=O)Nc1c(Cl)cc(F)cc1Cl. The van der Waals surface area contributed by atoms with Crippen LogP contribution in [0.2, 0.25) is 10.0 Å². The molecule has 0 saturated heterocycles. The van der Waals surface area contributed by atoms with E-state index in [2.05, 4.69) is 23.3 Å². The maximum absolute atomic E-state index is 13.0. The predicted molar refractivity (Wildman–Crippen MR) is 76.5 cm³/mol. The number of benzene rings is 1. The average Bonchev–Trinajstić information content (AvgIpc) is 2.30. The lowest BCUT2D eigenvalue weighted by molar-refractivity contribution is -0.124. The maximum Gasteiger partial charge on any atom is 0.247 e. The number of hydrogen-bond donors (Lipinski definition) is 3. The summed E-state index contributed by atoms with van der Waals surface area (Å²) in [5.74, 6) is -1.42. The zero-order chi connectivity index (χ0) is 14.6. The van der Waals surface area contributed by atoms with Crippen LogP contribution in [-0.4, -0.2) is 23.6 Å². The Kier molecular flexibility index (Phi) is 5.90. The first-order chi connectivity index (χ1) is 8.85. The topological polar surface area (TPSA) is 58.2 Å². The quantitative estimate of drug-likeness (QED) is 0.745. The molecule has 0 heterocycles. The molecule has 0 bridgehead atoms. The van der Waals surface area contributed by atoms with Crippen LogP contribution in [0.25, 0.3) is 0 Å². The van der Waals surface area contributed by atoms with Crippen molar-refractivity contribution in [3.8, 4) is 0 Å². The van der Waals surface area contributed by atoms with Crippen LogP contribution in [0.15, 0.2) is 12.1 Å². The molecular formula is C11H11Cl2FN2O2S. The summed E-state index contributed by atoms with van der Waals surface area (Å²) in [6.07, 6.45) is 0. The van der Waals surface area contributed by atoms with Crippen molar-refractivity contribution in [2.75, 3.05) is 11.1 Å². The van der Waals surface area contributed by atoms with Crippen molar-refractivity contribution in [3.63, 3.8) is 0 Å². The molecule has 19 heavy (non-hydrogen) atoms. The van der Waals surface area contributed by atoms with Gasteiger partial charge in [0.15, 0.2) is 0 Å². The summed E-state index contributed by atoms with van der Waals surface area (Å²) in [5.41, 5.74) is 0.0897. The van der Waals surface area contributed by atoms with Gasteiger partial charge >= 0.3 is 0 Å². The van der Waals surface area contributed by atoms with Crippen molar-refractivity contribution in [1.29, 1.82) is 0 Å². The summed E-state index contributed by atoms with van der Waals surface area (Å²) in [6, 6.07) is 1.21. The van der Waals surface area contributed by atoms with Gasteiger partial charge in [0.2, 0.25) is 11.8 Å². The molecule has 4 nitrogen and oxygen atoms in total. The molecule has 0 radical (unpaired) electrons. The van der Waals surface area contributed by atoms with E-state index in [-0.39, 0.29) is 27.4 Å². The lowest BCUT2D eigenvalue weighted by atomic mass is 10.2. The molecule has 1 rings (SSSR count). The van der Waals surface area contributed by atoms with E-state index in [1.54, 1.807) is 0 Å². The van der Waals surface area contributed by atoms with Crippen LogP contribution in [0.4, 0.5) is 10.1 Å². The van der Waals surface area contributed by atoms with Gasteiger partial charge in [-0.1, -0.05) is 23.2 Å². The smallest absolute Gasteiger partial charge is 0.247 e. The van der Waals surface area contributed by atoms with Gasteiger partial charge in [-0.25, -0.2) is 4.39 Å². The van der Waals surface area contributed by atoms with Crippen LogP contribution < -0.4 is 10.6 Å². The molecule has 8 heteroatoms. The highest BCUT2D eigenvalue weighted by atomic mass is 35.5. The number of rotatable bonds is 4. The van der Waals surface area contributed by atoms with E-state index < -0.39 is 17.8 Å². The fourth-order valence-electron chi connectivity index (χ4n) is 1.31. The van der Waals surface area contributed by atoms with Crippen LogP contribution in [0.1, 0.15) is 6.92 Å². The largest absolute Gasteiger partial charge is 0.344 e. The number of nitrogens with one attached hydrogen (secondary N) is 2. The Morgan fingerprint density at radius 2 is 1.89 bits per heavy atom. The fraction of sp³-hybridized carbons (Fsp3) is 0.273. The Hall–Kier alpha value is -0.980. The van der Waals surface area contributed by atoms with Gasteiger partial charge in [-0.2, -0.15) is 12.6 Å². The van der Waals surface area contributed by atoms with Crippen molar-refractivity contribution in [2.24, 2.45) is 0 Å². The van der Waals surface area contributed by atoms with E-state index >= 15 is 0 Å². The number of amides is 2. The van der Waals surface area contributed by atoms with Gasteiger partial charge in [-0.15, -0.1) is 0 Å². The minimum Gasteiger partial charge on any atom is -0.344 e. The summed E-state index contributed by atoms with van der Waals surface area (Å²) in [6.45, 7) is 1.28. The highest BCUT2D eigenvalue weighted by Crippen LogP contribution is 2.31. The van der Waals surface area contributed by atoms with Crippen molar-refractivity contribution >= 4 is 53.3 Å². The van der Waals surface area contributed by atoms with Gasteiger partial charge < -0.3 is 10.6 Å². The normalized spacial score (nSPS) is 11.8. The van der Waals surface area contributed by atoms with Crippen LogP contribution in [0.3, 0.4) is 0 Å². The molecule has 0 fully saturated rings. The van der Waals surface area contributed by atoms with Crippen LogP contribution in [0, 0.1) is 5.82 Å². The van der Waals surface area contributed by atoms with Crippen molar-refractivity contribution < 1.29 is 14.0 Å². The molecule has 2 N–H and O–H groups in total. The maximum atomic E-state index is 13.0. The van der Waals surface area contributed by atoms with Crippen LogP contribution in [0.5, 0.6) is 0 Å². The van der Waals surface area contributed by atoms with Gasteiger partial charge in [0.05, 0.1) is 15.7 Å². The molecule has 1 unspecified atom stereocenters. The van der Waals surface area contributed by atoms with E-state index in [0.717, 1.165) is 12.1 Å². The number of halogens is 3. The molecule has 1 aromatic rings. The number of carbonyl (C=O) groups excluding carboxylic acids is 2. The Morgan fingerprint density at radius 1 is 1.37 bits per heavy atom. The molecule has 0 saturated carbocycles. The first-order valence-corrected chi connectivity index (χ1v) is 6.57. The Bertz CT molecular complexity index is 490. The summed E-state index contributed by atoms with van der Waals surface area (Å²) in [7, 11) is 0. The third-order valence-corrected chi connectivity index (χ3v) is 3.09. The van der Waals surface area contributed by atoms with E-state index in [1.165, 1.54) is 6.92 Å². The minimum atomic E-state index is -0.835. The highest BCUT2D eigenvalue weighted by Gasteiger charge is 2.20. The van der Waals surface area contributed by atoms with Gasteiger partial charge in [-0.3, -0.25) is 9.59 Å². The molecular weight excluding hydrogens is 314 g/mol. The second kappa shape index (κ2) is 6.98. The summed E-state index contributed by atoms with van der Waals surface area (Å²) < 4.78 is 13.0. The molecule has 0 aromatic heterocycles. The van der Waals surface area contributed by atoms with Gasteiger partial charge in [0, 0.05) is 12.7 Å². The van der Waals surface area contributed by atoms with Crippen LogP contribution in [-0.2, 0) is 9.59 Å². The van der Waals surface area contributed by atoms with E-state index in [0.29, 0.717) is 0 Å². The summed E-state index contributed by atoms with van der Waals surface area (Å²) in [4.78, 5) is 22.8. The summed E-state index contributed by atoms with van der Waals surface area (Å²) in [5, 5.41) is 4.78. The second-order valence-electron chi connectivity index (χ2n) is 3.67. The molecule has 0 aliphatic rings. The van der Waals surface area contributed by atoms with Crippen molar-refractivity contribution in [1.82, 2.24) is 5.32 Å². The zero-order valence-electron chi connectivity index (χ0n) is 9.84. The van der Waals surface area contributed by atoms with Crippen molar-refractivity contribution in [2.45, 2.75) is 13.0 Å². The molecule has 1 atom stereocenters. The standard InChI is InChI=1S/C11H11Cl2FN2O2S/c1-5(17)15-9(4-19)11(18)16-10-7(12)2-6(14)3-8(10)13/h2-3,9,19H,4H2,1H3,(H,15,17)(H,16,18). The first-order valence-electron chi connectivity index (χ1n) is 5.18. The molecule has 0 aliphatic heterocycles. The molecule has 1 aromatic carbocycles. The molecule has 2 amide bonds. The van der Waals surface area contributed by atoms with E-state index in [4.69, 9.17) is 23.2 Å². The molecule has 0 spiro atoms. The lowest BCUT2D eigenvalue weighted by Gasteiger charge is -2.16. The van der Waals surface area contributed by atoms with E-state index in [1.807, 2.05) is 0 Å². The van der Waals surface area contributed by atoms with Crippen molar-refractivity contribution in [3.05, 3.63) is 28.0 Å². The minimum absolute atomic E-state index is 0.0286. The predicted octanol–water partition coefficient (Wildman–Crippen LogP) is 2.51. The van der Waals surface area contributed by atoms with Crippen LogP contribution >= 0.6 is 35.8 Å². The van der Waals surface area contributed by atoms with Gasteiger partial charge in [0.25, 0.3) is 0 Å². The number of carbonyl (C=O) groups is 2. The number of hydrogen-bond acceptors (Lipinski definition) is 3. The molecule has 0 aliphatic carbocycles. The first kappa shape index (κ1) is 16.1. The Labute approximate surface area is 125 Å². The monoisotopic (exact) mass is 324 g/mol. The number of anilines is 1. The van der Waals surface area contributed by atoms with Gasteiger partial charge in [-0.05, 0) is 12.1 Å². The average molecular weight is 325 g/mol. The fourth-order valence-corrected chi connectivity index (χ4v) is 2.12. The Balaban J connectivity index is 2.90.